The van der Waals surface area contributed by atoms with E-state index in [0.717, 1.165) is 0 Å². The van der Waals surface area contributed by atoms with Crippen LogP contribution in [-0.2, 0) is 19.6 Å². The molecule has 0 aliphatic heterocycles. The van der Waals surface area contributed by atoms with Crippen LogP contribution < -0.4 is 31.3 Å². The Labute approximate surface area is 341 Å². The van der Waals surface area contributed by atoms with E-state index in [1.165, 1.54) is 54.6 Å². The monoisotopic (exact) mass is 807 g/mol. The van der Waals surface area contributed by atoms with Gasteiger partial charge in [-0.15, -0.1) is 0 Å². The van der Waals surface area contributed by atoms with E-state index in [1.807, 2.05) is 0 Å². The summed E-state index contributed by atoms with van der Waals surface area (Å²) in [5, 5.41) is 77.5. The molecule has 4 aromatic rings. The van der Waals surface area contributed by atoms with Gasteiger partial charge in [-0.1, -0.05) is 36.4 Å². The summed E-state index contributed by atoms with van der Waals surface area (Å²) in [6, 6.07) is 27.2. The Hall–Kier alpha value is -8.49. The molecule has 60 heavy (non-hydrogen) atoms. The van der Waals surface area contributed by atoms with Crippen molar-refractivity contribution in [2.75, 3.05) is 19.8 Å². The minimum absolute atomic E-state index is 0.112. The quantitative estimate of drug-likeness (QED) is 0.0960. The lowest BCUT2D eigenvalue weighted by Gasteiger charge is -2.20. The number of hydrogen-bond donors (Lipinski definition) is 3. The first kappa shape index (κ1) is 44.2. The van der Waals surface area contributed by atoms with Crippen LogP contribution in [0.15, 0.2) is 104 Å². The van der Waals surface area contributed by atoms with E-state index in [4.69, 9.17) is 47.1 Å². The Bertz CT molecular complexity index is 2330. The summed E-state index contributed by atoms with van der Waals surface area (Å²) >= 11 is 0. The van der Waals surface area contributed by atoms with Crippen LogP contribution in [-0.4, -0.2) is 67.2 Å². The van der Waals surface area contributed by atoms with Crippen molar-refractivity contribution in [2.45, 2.75) is 37.9 Å². The minimum atomic E-state index is -1.49. The number of hydrogen-bond acceptors (Lipinski definition) is 14. The molecule has 300 valence electrons. The van der Waals surface area contributed by atoms with Crippen molar-refractivity contribution < 1.29 is 29.5 Å². The summed E-state index contributed by atoms with van der Waals surface area (Å²) in [6.45, 7) is 3.70. The van der Waals surface area contributed by atoms with Crippen molar-refractivity contribution in [3.8, 4) is 47.6 Å². The Morgan fingerprint density at radius 1 is 0.533 bits per heavy atom. The maximum atomic E-state index is 13.6. The summed E-state index contributed by atoms with van der Waals surface area (Å²) in [5.74, 6) is 0.808. The molecular formula is C42H33N9O9. The maximum Gasteiger partial charge on any atom is 0.336 e. The second-order valence-corrected chi connectivity index (χ2v) is 12.6. The van der Waals surface area contributed by atoms with E-state index in [0.29, 0.717) is 30.4 Å². The highest BCUT2D eigenvalue weighted by Crippen LogP contribution is 2.17. The molecule has 0 fully saturated rings. The topological polar surface area (TPSA) is 278 Å². The number of aliphatic hydroxyl groups excluding tert-OH is 3. The van der Waals surface area contributed by atoms with Crippen LogP contribution in [0.2, 0.25) is 0 Å². The molecule has 18 heteroatoms. The smallest absolute Gasteiger partial charge is 0.336 e. The SMILES string of the molecule is [C-]#[N+]/C(C#N)=C/c1ccc(OCC(O)Cn2c(=O)n(CC(O)COc3ccc(C=C(C#N)C#N)cc3)c(=O)n(CC(O)COc3ccc(C=C(C#N)C#N)cc3)c2=O)cc1. The van der Waals surface area contributed by atoms with Gasteiger partial charge in [-0.25, -0.2) is 38.2 Å². The first-order chi connectivity index (χ1) is 28.9. The molecular weight excluding hydrogens is 775 g/mol. The number of rotatable bonds is 18. The molecule has 4 rings (SSSR count). The molecule has 0 aliphatic rings. The van der Waals surface area contributed by atoms with Gasteiger partial charge in [0.15, 0.2) is 0 Å². The number of aromatic nitrogens is 3. The van der Waals surface area contributed by atoms with Gasteiger partial charge in [0.05, 0.1) is 32.3 Å². The van der Waals surface area contributed by atoms with Crippen LogP contribution in [0.5, 0.6) is 17.2 Å². The van der Waals surface area contributed by atoms with E-state index in [-0.39, 0.29) is 34.1 Å². The number of aliphatic hydroxyl groups is 3. The van der Waals surface area contributed by atoms with Gasteiger partial charge in [0.25, 0.3) is 5.70 Å². The number of benzene rings is 3. The molecule has 18 nitrogen and oxygen atoms in total. The minimum Gasteiger partial charge on any atom is -0.491 e. The summed E-state index contributed by atoms with van der Waals surface area (Å²) in [6.07, 6.45) is -0.389. The van der Waals surface area contributed by atoms with Crippen LogP contribution in [0.1, 0.15) is 16.7 Å². The van der Waals surface area contributed by atoms with E-state index < -0.39 is 74.8 Å². The predicted octanol–water partition coefficient (Wildman–Crippen LogP) is 2.14. The highest BCUT2D eigenvalue weighted by atomic mass is 16.5. The van der Waals surface area contributed by atoms with Crippen molar-refractivity contribution in [3.05, 3.63) is 149 Å². The normalized spacial score (nSPS) is 12.0. The Morgan fingerprint density at radius 2 is 0.817 bits per heavy atom. The summed E-state index contributed by atoms with van der Waals surface area (Å²) in [7, 11) is 0. The Balaban J connectivity index is 1.54. The molecule has 0 aliphatic carbocycles. The molecule has 3 N–H and O–H groups in total. The standard InChI is InChI=1S/C42H33N9O9/c1-48-33(21-47)16-30-6-12-39(13-7-30)60-27-36(54)24-51-41(56)49(22-34(52)25-58-37-8-2-28(3-9-37)14-31(17-43)18-44)40(55)50(42(51)57)23-35(53)26-59-38-10-4-29(5-11-38)15-32(19-45)20-46/h2-16,34-36,52-54H,22-27H2/b33-16+. The predicted molar refractivity (Wildman–Crippen MR) is 212 cm³/mol. The summed E-state index contributed by atoms with van der Waals surface area (Å²) in [5.41, 5.74) is -2.28. The van der Waals surface area contributed by atoms with Gasteiger partial charge in [0.2, 0.25) is 0 Å². The number of ether oxygens (including phenoxy) is 3. The Kier molecular flexibility index (Phi) is 16.0. The van der Waals surface area contributed by atoms with Crippen molar-refractivity contribution in [1.29, 1.82) is 26.3 Å². The van der Waals surface area contributed by atoms with E-state index in [1.54, 1.807) is 66.7 Å². The zero-order chi connectivity index (χ0) is 43.6. The summed E-state index contributed by atoms with van der Waals surface area (Å²) in [4.78, 5) is 44.0. The number of allylic oxidation sites excluding steroid dienone is 3. The second-order valence-electron chi connectivity index (χ2n) is 12.6. The van der Waals surface area contributed by atoms with Gasteiger partial charge in [-0.3, -0.25) is 0 Å². The van der Waals surface area contributed by atoms with Gasteiger partial charge in [0, 0.05) is 0 Å². The zero-order valence-electron chi connectivity index (χ0n) is 31.5. The lowest BCUT2D eigenvalue weighted by molar-refractivity contribution is 0.0749. The highest BCUT2D eigenvalue weighted by molar-refractivity contribution is 5.63. The van der Waals surface area contributed by atoms with Crippen molar-refractivity contribution in [2.24, 2.45) is 0 Å². The second kappa shape index (κ2) is 21.7. The van der Waals surface area contributed by atoms with Crippen LogP contribution in [0.25, 0.3) is 23.1 Å². The fourth-order valence-electron chi connectivity index (χ4n) is 5.26. The molecule has 0 bridgehead atoms. The largest absolute Gasteiger partial charge is 0.491 e. The van der Waals surface area contributed by atoms with Crippen molar-refractivity contribution in [3.63, 3.8) is 0 Å². The van der Waals surface area contributed by atoms with Crippen LogP contribution in [0, 0.1) is 63.2 Å². The first-order valence-electron chi connectivity index (χ1n) is 17.6. The highest BCUT2D eigenvalue weighted by Gasteiger charge is 2.22. The summed E-state index contributed by atoms with van der Waals surface area (Å²) < 4.78 is 18.5. The molecule has 0 saturated heterocycles. The lowest BCUT2D eigenvalue weighted by atomic mass is 10.1. The Morgan fingerprint density at radius 3 is 1.07 bits per heavy atom. The molecule has 3 aromatic carbocycles. The average molecular weight is 808 g/mol. The van der Waals surface area contributed by atoms with Gasteiger partial charge in [0.1, 0.15) is 90.8 Å². The van der Waals surface area contributed by atoms with E-state index in [9.17, 15) is 29.7 Å². The van der Waals surface area contributed by atoms with Crippen LogP contribution in [0.4, 0.5) is 0 Å². The van der Waals surface area contributed by atoms with Gasteiger partial charge < -0.3 is 29.5 Å². The van der Waals surface area contributed by atoms with Crippen LogP contribution >= 0.6 is 0 Å². The molecule has 1 aromatic heterocycles. The fourth-order valence-corrected chi connectivity index (χ4v) is 5.26. The molecule has 0 spiro atoms. The van der Waals surface area contributed by atoms with Gasteiger partial charge >= 0.3 is 17.1 Å². The molecule has 1 heterocycles. The van der Waals surface area contributed by atoms with E-state index >= 15 is 0 Å². The van der Waals surface area contributed by atoms with Gasteiger partial charge in [-0.2, -0.15) is 21.0 Å². The van der Waals surface area contributed by atoms with E-state index in [2.05, 4.69) is 4.85 Å². The van der Waals surface area contributed by atoms with Gasteiger partial charge in [-0.05, 0) is 71.3 Å². The third-order valence-corrected chi connectivity index (χ3v) is 8.18. The third-order valence-electron chi connectivity index (χ3n) is 8.18. The lowest BCUT2D eigenvalue weighted by Crippen LogP contribution is -2.57. The molecule has 3 unspecified atom stereocenters. The molecule has 0 saturated carbocycles. The van der Waals surface area contributed by atoms with Crippen molar-refractivity contribution >= 4 is 18.2 Å². The van der Waals surface area contributed by atoms with Crippen LogP contribution in [0.3, 0.4) is 0 Å². The number of nitriles is 5. The number of nitrogens with zero attached hydrogens (tertiary/aromatic N) is 9. The molecule has 0 amide bonds. The maximum absolute atomic E-state index is 13.6. The third kappa shape index (κ3) is 12.5. The first-order valence-corrected chi connectivity index (χ1v) is 17.6. The molecule has 0 radical (unpaired) electrons. The molecule has 3 atom stereocenters. The zero-order valence-corrected chi connectivity index (χ0v) is 31.5. The average Bonchev–Trinajstić information content (AvgIpc) is 3.27. The fraction of sp³-hybridized carbons (Fsp3) is 0.214. The van der Waals surface area contributed by atoms with Crippen molar-refractivity contribution in [1.82, 2.24) is 13.7 Å².